The first-order valence-corrected chi connectivity index (χ1v) is 11.2. The smallest absolute Gasteiger partial charge is 0.247 e. The fourth-order valence-electron chi connectivity index (χ4n) is 3.86. The highest BCUT2D eigenvalue weighted by molar-refractivity contribution is 6.15. The van der Waals surface area contributed by atoms with E-state index in [-0.39, 0.29) is 36.3 Å². The van der Waals surface area contributed by atoms with E-state index in [0.29, 0.717) is 28.3 Å². The average Bonchev–Trinajstić information content (AvgIpc) is 3.43. The van der Waals surface area contributed by atoms with E-state index in [1.54, 1.807) is 24.5 Å². The van der Waals surface area contributed by atoms with Crippen LogP contribution in [0.15, 0.2) is 30.7 Å². The number of amides is 1. The Morgan fingerprint density at radius 2 is 2.09 bits per heavy atom. The summed E-state index contributed by atoms with van der Waals surface area (Å²) in [6, 6.07) is 3.10. The summed E-state index contributed by atoms with van der Waals surface area (Å²) < 4.78 is 1.49. The lowest BCUT2D eigenvalue weighted by Crippen LogP contribution is -2.22. The molecule has 12 nitrogen and oxygen atoms in total. The van der Waals surface area contributed by atoms with Crippen LogP contribution in [0.2, 0.25) is 0 Å². The molecule has 0 atom stereocenters. The molecule has 0 bridgehead atoms. The minimum absolute atomic E-state index is 0.0111. The number of nitrogens with zero attached hydrogens (tertiary/aromatic N) is 6. The number of carbonyl (C=O) groups is 2. The maximum atomic E-state index is 13.3. The zero-order valence-electron chi connectivity index (χ0n) is 19.3. The molecule has 4 aromatic heterocycles. The Hall–Kier alpha value is -4.19. The van der Waals surface area contributed by atoms with Gasteiger partial charge in [0.25, 0.3) is 0 Å². The highest BCUT2D eigenvalue weighted by atomic mass is 16.3. The van der Waals surface area contributed by atoms with Crippen LogP contribution >= 0.6 is 0 Å². The fraction of sp³-hybridized carbons (Fsp3) is 0.348. The molecule has 0 spiro atoms. The number of aromatic nitrogens is 7. The molecule has 1 aliphatic rings. The second-order valence-electron chi connectivity index (χ2n) is 9.32. The topological polar surface area (TPSA) is 178 Å². The van der Waals surface area contributed by atoms with Crippen molar-refractivity contribution >= 4 is 34.5 Å². The number of aliphatic hydroxyl groups excluding tert-OH is 1. The lowest BCUT2D eigenvalue weighted by molar-refractivity contribution is -0.117. The van der Waals surface area contributed by atoms with Gasteiger partial charge in [-0.05, 0) is 30.5 Å². The number of nitrogens with one attached hydrogen (secondary N) is 2. The van der Waals surface area contributed by atoms with Crippen molar-refractivity contribution in [2.75, 3.05) is 17.7 Å². The van der Waals surface area contributed by atoms with E-state index < -0.39 is 11.2 Å². The fourth-order valence-corrected chi connectivity index (χ4v) is 3.86. The van der Waals surface area contributed by atoms with Gasteiger partial charge in [0.05, 0.1) is 17.7 Å². The Morgan fingerprint density at radius 1 is 1.29 bits per heavy atom. The molecule has 0 aromatic carbocycles. The minimum atomic E-state index is -0.636. The summed E-state index contributed by atoms with van der Waals surface area (Å²) in [6.07, 6.45) is 7.07. The summed E-state index contributed by atoms with van der Waals surface area (Å²) in [5, 5.41) is 21.1. The van der Waals surface area contributed by atoms with Gasteiger partial charge < -0.3 is 21.1 Å². The molecule has 12 heteroatoms. The second kappa shape index (κ2) is 8.55. The van der Waals surface area contributed by atoms with Crippen LogP contribution in [0.3, 0.4) is 0 Å². The van der Waals surface area contributed by atoms with Crippen LogP contribution in [0.4, 0.5) is 11.8 Å². The molecule has 0 saturated heterocycles. The van der Waals surface area contributed by atoms with Gasteiger partial charge in [-0.25, -0.2) is 14.6 Å². The predicted octanol–water partition coefficient (Wildman–Crippen LogP) is 1.54. The standard InChI is InChI=1S/C23H25N9O3/c1-23(2,11-33)14-8-26-21-18(14)19(28-22(24)29-21)20(35)13-5-6-16(25-7-13)27-17(34)10-32-9-15(30-31-32)12-3-4-12/h5-9,12,33H,3-4,10-11H2,1-2H3,(H,25,27,34)(H3,24,26,28,29). The van der Waals surface area contributed by atoms with Gasteiger partial charge in [0.15, 0.2) is 0 Å². The van der Waals surface area contributed by atoms with Crippen LogP contribution < -0.4 is 11.1 Å². The Balaban J connectivity index is 1.35. The number of hydrogen-bond acceptors (Lipinski definition) is 9. The van der Waals surface area contributed by atoms with E-state index in [0.717, 1.165) is 18.5 Å². The monoisotopic (exact) mass is 475 g/mol. The van der Waals surface area contributed by atoms with Crippen LogP contribution in [0.25, 0.3) is 11.0 Å². The Labute approximate surface area is 200 Å². The lowest BCUT2D eigenvalue weighted by Gasteiger charge is -2.21. The molecule has 1 fully saturated rings. The lowest BCUT2D eigenvalue weighted by atomic mass is 9.85. The number of rotatable bonds is 8. The molecule has 0 aliphatic heterocycles. The molecular formula is C23H25N9O3. The number of pyridine rings is 1. The molecule has 4 aromatic rings. The van der Waals surface area contributed by atoms with Crippen LogP contribution in [0.1, 0.15) is 59.9 Å². The van der Waals surface area contributed by atoms with Gasteiger partial charge in [-0.1, -0.05) is 19.1 Å². The van der Waals surface area contributed by atoms with Crippen LogP contribution in [0.5, 0.6) is 0 Å². The van der Waals surface area contributed by atoms with Gasteiger partial charge in [-0.15, -0.1) is 5.10 Å². The van der Waals surface area contributed by atoms with Crippen molar-refractivity contribution in [3.63, 3.8) is 0 Å². The second-order valence-corrected chi connectivity index (χ2v) is 9.32. The number of ketones is 1. The van der Waals surface area contributed by atoms with E-state index in [9.17, 15) is 14.7 Å². The number of nitrogen functional groups attached to an aromatic ring is 1. The van der Waals surface area contributed by atoms with Crippen molar-refractivity contribution in [1.82, 2.24) is 34.9 Å². The van der Waals surface area contributed by atoms with Crippen LogP contribution in [0, 0.1) is 0 Å². The molecule has 1 amide bonds. The number of hydrogen-bond donors (Lipinski definition) is 4. The first-order chi connectivity index (χ1) is 16.7. The van der Waals surface area contributed by atoms with E-state index in [1.165, 1.54) is 10.9 Å². The van der Waals surface area contributed by atoms with Gasteiger partial charge in [-0.2, -0.15) is 4.98 Å². The quantitative estimate of drug-likeness (QED) is 0.275. The number of H-pyrrole nitrogens is 1. The normalized spacial score (nSPS) is 13.8. The Kier molecular flexibility index (Phi) is 5.52. The molecule has 5 rings (SSSR count). The van der Waals surface area contributed by atoms with Crippen LogP contribution in [-0.4, -0.2) is 58.3 Å². The molecule has 1 saturated carbocycles. The summed E-state index contributed by atoms with van der Waals surface area (Å²) in [4.78, 5) is 41.3. The third-order valence-electron chi connectivity index (χ3n) is 6.04. The Morgan fingerprint density at radius 3 is 2.77 bits per heavy atom. The summed E-state index contributed by atoms with van der Waals surface area (Å²) in [7, 11) is 0. The van der Waals surface area contributed by atoms with Crippen molar-refractivity contribution in [3.05, 3.63) is 53.2 Å². The number of nitrogens with two attached hydrogens (primary N) is 1. The SMILES string of the molecule is CC(C)(CO)c1c[nH]c2nc(N)nc(C(=O)c3ccc(NC(=O)Cn4cc(C5CC5)nn4)nc3)c12. The first kappa shape index (κ1) is 22.6. The van der Waals surface area contributed by atoms with Crippen molar-refractivity contribution < 1.29 is 14.7 Å². The van der Waals surface area contributed by atoms with Gasteiger partial charge in [-0.3, -0.25) is 9.59 Å². The van der Waals surface area contributed by atoms with Crippen LogP contribution in [-0.2, 0) is 16.8 Å². The molecule has 180 valence electrons. The number of anilines is 2. The van der Waals surface area contributed by atoms with Crippen molar-refractivity contribution in [2.45, 2.75) is 44.6 Å². The number of carbonyl (C=O) groups excluding carboxylic acids is 2. The molecular weight excluding hydrogens is 450 g/mol. The summed E-state index contributed by atoms with van der Waals surface area (Å²) in [5.74, 6) is -0.00490. The van der Waals surface area contributed by atoms with E-state index >= 15 is 0 Å². The van der Waals surface area contributed by atoms with Crippen molar-refractivity contribution in [1.29, 1.82) is 0 Å². The van der Waals surface area contributed by atoms with Gasteiger partial charge in [0, 0.05) is 35.5 Å². The molecule has 35 heavy (non-hydrogen) atoms. The molecule has 0 radical (unpaired) electrons. The first-order valence-electron chi connectivity index (χ1n) is 11.2. The summed E-state index contributed by atoms with van der Waals surface area (Å²) in [5.41, 5.74) is 7.60. The zero-order valence-corrected chi connectivity index (χ0v) is 19.3. The largest absolute Gasteiger partial charge is 0.395 e. The average molecular weight is 476 g/mol. The Bertz CT molecular complexity index is 1420. The highest BCUT2D eigenvalue weighted by Crippen LogP contribution is 2.38. The van der Waals surface area contributed by atoms with Crippen molar-refractivity contribution in [2.24, 2.45) is 0 Å². The molecule has 5 N–H and O–H groups in total. The van der Waals surface area contributed by atoms with E-state index in [2.05, 4.69) is 35.6 Å². The number of aromatic amines is 1. The minimum Gasteiger partial charge on any atom is -0.395 e. The molecule has 1 aliphatic carbocycles. The van der Waals surface area contributed by atoms with E-state index in [1.807, 2.05) is 13.8 Å². The van der Waals surface area contributed by atoms with Gasteiger partial charge in [0.1, 0.15) is 23.7 Å². The molecule has 4 heterocycles. The summed E-state index contributed by atoms with van der Waals surface area (Å²) >= 11 is 0. The third-order valence-corrected chi connectivity index (χ3v) is 6.04. The molecule has 0 unspecified atom stereocenters. The maximum Gasteiger partial charge on any atom is 0.247 e. The van der Waals surface area contributed by atoms with E-state index in [4.69, 9.17) is 5.73 Å². The maximum absolute atomic E-state index is 13.3. The zero-order chi connectivity index (χ0) is 24.7. The third kappa shape index (κ3) is 4.47. The predicted molar refractivity (Wildman–Crippen MR) is 127 cm³/mol. The number of aliphatic hydroxyl groups is 1. The van der Waals surface area contributed by atoms with Gasteiger partial charge in [0.2, 0.25) is 17.6 Å². The number of fused-ring (bicyclic) bond motifs is 1. The highest BCUT2D eigenvalue weighted by Gasteiger charge is 2.29. The van der Waals surface area contributed by atoms with Crippen molar-refractivity contribution in [3.8, 4) is 0 Å². The summed E-state index contributed by atoms with van der Waals surface area (Å²) in [6.45, 7) is 3.58. The van der Waals surface area contributed by atoms with Gasteiger partial charge >= 0.3 is 0 Å².